The Labute approximate surface area is 194 Å². The third-order valence-electron chi connectivity index (χ3n) is 5.52. The highest BCUT2D eigenvalue weighted by molar-refractivity contribution is 5.95. The topological polar surface area (TPSA) is 94.0 Å². The highest BCUT2D eigenvalue weighted by Gasteiger charge is 2.17. The van der Waals surface area contributed by atoms with E-state index in [1.807, 2.05) is 12.1 Å². The number of hydrogen-bond donors (Lipinski definition) is 2. The average molecular weight is 460 g/mol. The zero-order chi connectivity index (χ0) is 23.7. The van der Waals surface area contributed by atoms with Gasteiger partial charge in [-0.25, -0.2) is 9.37 Å². The van der Waals surface area contributed by atoms with Crippen LogP contribution in [-0.4, -0.2) is 28.0 Å². The third kappa shape index (κ3) is 4.27. The number of carbonyl (C=O) groups is 2. The smallest absolute Gasteiger partial charge is 0.271 e. The summed E-state index contributed by atoms with van der Waals surface area (Å²) < 4.78 is 25.7. The van der Waals surface area contributed by atoms with Crippen LogP contribution in [0.15, 0.2) is 60.8 Å². The number of benzene rings is 2. The Balaban J connectivity index is 1.28. The minimum absolute atomic E-state index is 0.176. The summed E-state index contributed by atoms with van der Waals surface area (Å²) in [6.07, 6.45) is 1.52. The number of fused-ring (bicyclic) bond motifs is 2. The summed E-state index contributed by atoms with van der Waals surface area (Å²) in [5.74, 6) is 0.333. The van der Waals surface area contributed by atoms with Crippen molar-refractivity contribution < 1.29 is 23.5 Å². The molecule has 5 rings (SSSR count). The lowest BCUT2D eigenvalue weighted by molar-refractivity contribution is 0.0935. The Bertz CT molecular complexity index is 1420. The molecule has 0 aliphatic carbocycles. The van der Waals surface area contributed by atoms with E-state index in [9.17, 15) is 14.0 Å². The van der Waals surface area contributed by atoms with Gasteiger partial charge in [-0.1, -0.05) is 24.3 Å². The first-order valence-corrected chi connectivity index (χ1v) is 10.7. The molecule has 4 aromatic rings. The summed E-state index contributed by atoms with van der Waals surface area (Å²) in [4.78, 5) is 29.8. The zero-order valence-electron chi connectivity index (χ0n) is 18.3. The summed E-state index contributed by atoms with van der Waals surface area (Å²) in [5, 5.41) is 5.66. The predicted octanol–water partition coefficient (Wildman–Crippen LogP) is 3.37. The van der Waals surface area contributed by atoms with E-state index in [2.05, 4.69) is 15.6 Å². The number of rotatable bonds is 6. The van der Waals surface area contributed by atoms with Gasteiger partial charge < -0.3 is 20.1 Å². The molecule has 2 aromatic heterocycles. The molecular weight excluding hydrogens is 439 g/mol. The predicted molar refractivity (Wildman–Crippen MR) is 121 cm³/mol. The van der Waals surface area contributed by atoms with Crippen molar-refractivity contribution in [1.29, 1.82) is 0 Å². The first kappa shape index (κ1) is 21.4. The van der Waals surface area contributed by atoms with Gasteiger partial charge in [0.1, 0.15) is 22.9 Å². The van der Waals surface area contributed by atoms with Crippen molar-refractivity contribution in [1.82, 2.24) is 20.0 Å². The second-order valence-corrected chi connectivity index (χ2v) is 7.90. The van der Waals surface area contributed by atoms with Gasteiger partial charge in [0.15, 0.2) is 11.5 Å². The maximum atomic E-state index is 13.4. The van der Waals surface area contributed by atoms with E-state index >= 15 is 0 Å². The van der Waals surface area contributed by atoms with Crippen LogP contribution in [0.4, 0.5) is 4.39 Å². The largest absolute Gasteiger partial charge is 0.454 e. The van der Waals surface area contributed by atoms with Crippen LogP contribution < -0.4 is 20.1 Å². The fourth-order valence-electron chi connectivity index (χ4n) is 3.72. The van der Waals surface area contributed by atoms with E-state index < -0.39 is 5.91 Å². The number of hydrogen-bond acceptors (Lipinski definition) is 5. The molecule has 1 aliphatic heterocycles. The van der Waals surface area contributed by atoms with E-state index in [4.69, 9.17) is 9.47 Å². The Kier molecular flexibility index (Phi) is 5.59. The standard InChI is InChI=1S/C25H21FN4O4/c1-15-9-16(5-7-18(15)26)11-27-24(31)19-13-30-20(3-2-4-23(30)29-19)25(32)28-12-17-6-8-21-22(10-17)34-14-33-21/h2-10,13H,11-12,14H2,1H3,(H,27,31)(H,28,32). The van der Waals surface area contributed by atoms with E-state index in [-0.39, 0.29) is 30.8 Å². The van der Waals surface area contributed by atoms with Gasteiger partial charge in [-0.3, -0.25) is 14.0 Å². The number of ether oxygens (including phenoxy) is 2. The van der Waals surface area contributed by atoms with Crippen LogP contribution in [0, 0.1) is 12.7 Å². The van der Waals surface area contributed by atoms with Gasteiger partial charge in [0.2, 0.25) is 6.79 Å². The van der Waals surface area contributed by atoms with Crippen molar-refractivity contribution in [3.05, 3.63) is 94.7 Å². The van der Waals surface area contributed by atoms with Crippen molar-refractivity contribution >= 4 is 17.5 Å². The molecule has 2 N–H and O–H groups in total. The highest BCUT2D eigenvalue weighted by atomic mass is 19.1. The lowest BCUT2D eigenvalue weighted by Crippen LogP contribution is -2.25. The molecule has 0 saturated carbocycles. The lowest BCUT2D eigenvalue weighted by atomic mass is 10.1. The van der Waals surface area contributed by atoms with Crippen LogP contribution in [0.25, 0.3) is 5.65 Å². The summed E-state index contributed by atoms with van der Waals surface area (Å²) in [5.41, 5.74) is 3.15. The van der Waals surface area contributed by atoms with Gasteiger partial charge in [0, 0.05) is 19.3 Å². The molecule has 0 fully saturated rings. The fraction of sp³-hybridized carbons (Fsp3) is 0.160. The van der Waals surface area contributed by atoms with Crippen LogP contribution in [0.5, 0.6) is 11.5 Å². The highest BCUT2D eigenvalue weighted by Crippen LogP contribution is 2.32. The van der Waals surface area contributed by atoms with Gasteiger partial charge in [0.05, 0.1) is 0 Å². The van der Waals surface area contributed by atoms with Gasteiger partial charge >= 0.3 is 0 Å². The molecule has 0 bridgehead atoms. The number of amides is 2. The number of imidazole rings is 1. The molecule has 34 heavy (non-hydrogen) atoms. The SMILES string of the molecule is Cc1cc(CNC(=O)c2cn3c(C(=O)NCc4ccc5c(c4)OCO5)cccc3n2)ccc1F. The van der Waals surface area contributed by atoms with Gasteiger partial charge in [-0.05, 0) is 53.9 Å². The van der Waals surface area contributed by atoms with Gasteiger partial charge in [-0.2, -0.15) is 0 Å². The third-order valence-corrected chi connectivity index (χ3v) is 5.52. The Morgan fingerprint density at radius 3 is 2.53 bits per heavy atom. The Morgan fingerprint density at radius 2 is 1.71 bits per heavy atom. The molecule has 1 aliphatic rings. The van der Waals surface area contributed by atoms with Crippen LogP contribution in [-0.2, 0) is 13.1 Å². The van der Waals surface area contributed by atoms with E-state index in [0.717, 1.165) is 11.1 Å². The number of pyridine rings is 1. The van der Waals surface area contributed by atoms with Crippen molar-refractivity contribution in [3.8, 4) is 11.5 Å². The molecule has 0 saturated heterocycles. The second-order valence-electron chi connectivity index (χ2n) is 7.90. The fourth-order valence-corrected chi connectivity index (χ4v) is 3.72. The van der Waals surface area contributed by atoms with Gasteiger partial charge in [0.25, 0.3) is 11.8 Å². The second kappa shape index (κ2) is 8.86. The molecule has 2 aromatic carbocycles. The molecule has 0 radical (unpaired) electrons. The minimum Gasteiger partial charge on any atom is -0.454 e. The normalized spacial score (nSPS) is 12.1. The average Bonchev–Trinajstić information content (AvgIpc) is 3.49. The molecule has 8 nitrogen and oxygen atoms in total. The molecule has 0 unspecified atom stereocenters. The van der Waals surface area contributed by atoms with Crippen molar-refractivity contribution in [2.75, 3.05) is 6.79 Å². The monoisotopic (exact) mass is 460 g/mol. The summed E-state index contributed by atoms with van der Waals surface area (Å²) in [6, 6.07) is 15.2. The number of aromatic nitrogens is 2. The van der Waals surface area contributed by atoms with Crippen LogP contribution in [0.3, 0.4) is 0 Å². The molecule has 2 amide bonds. The van der Waals surface area contributed by atoms with Gasteiger partial charge in [-0.15, -0.1) is 0 Å². The molecule has 0 spiro atoms. The Hall–Kier alpha value is -4.40. The zero-order valence-corrected chi connectivity index (χ0v) is 18.3. The minimum atomic E-state index is -0.391. The van der Waals surface area contributed by atoms with Crippen LogP contribution in [0.1, 0.15) is 37.7 Å². The molecular formula is C25H21FN4O4. The number of halogens is 1. The quantitative estimate of drug-likeness (QED) is 0.460. The van der Waals surface area contributed by atoms with E-state index in [1.54, 1.807) is 47.7 Å². The van der Waals surface area contributed by atoms with Crippen molar-refractivity contribution in [3.63, 3.8) is 0 Å². The molecule has 9 heteroatoms. The molecule has 172 valence electrons. The van der Waals surface area contributed by atoms with Crippen LogP contribution in [0.2, 0.25) is 0 Å². The van der Waals surface area contributed by atoms with Crippen molar-refractivity contribution in [2.45, 2.75) is 20.0 Å². The summed E-state index contributed by atoms with van der Waals surface area (Å²) in [6.45, 7) is 2.39. The Morgan fingerprint density at radius 1 is 0.971 bits per heavy atom. The first-order chi connectivity index (χ1) is 16.5. The first-order valence-electron chi connectivity index (χ1n) is 10.7. The number of nitrogens with zero attached hydrogens (tertiary/aromatic N) is 2. The molecule has 3 heterocycles. The lowest BCUT2D eigenvalue weighted by Gasteiger charge is -2.08. The van der Waals surface area contributed by atoms with E-state index in [1.165, 1.54) is 12.3 Å². The molecule has 0 atom stereocenters. The number of nitrogens with one attached hydrogen (secondary N) is 2. The maximum Gasteiger partial charge on any atom is 0.271 e. The van der Waals surface area contributed by atoms with E-state index in [0.29, 0.717) is 34.9 Å². The van der Waals surface area contributed by atoms with Crippen molar-refractivity contribution in [2.24, 2.45) is 0 Å². The summed E-state index contributed by atoms with van der Waals surface area (Å²) >= 11 is 0. The summed E-state index contributed by atoms with van der Waals surface area (Å²) in [7, 11) is 0. The number of aryl methyl sites for hydroxylation is 1. The van der Waals surface area contributed by atoms with Crippen LogP contribution >= 0.6 is 0 Å². The number of carbonyl (C=O) groups excluding carboxylic acids is 2. The maximum absolute atomic E-state index is 13.4.